The van der Waals surface area contributed by atoms with E-state index in [0.717, 1.165) is 19.3 Å². The summed E-state index contributed by atoms with van der Waals surface area (Å²) in [4.78, 5) is 35.7. The number of rotatable bonds is 22. The largest absolute Gasteiger partial charge is 0.490 e. The number of hydrogen-bond donors (Lipinski definition) is 1. The minimum atomic E-state index is -0.896. The van der Waals surface area contributed by atoms with Crippen LogP contribution in [0.3, 0.4) is 0 Å². The molecule has 8 nitrogen and oxygen atoms in total. The Hall–Kier alpha value is -2.64. The van der Waals surface area contributed by atoms with Crippen molar-refractivity contribution < 1.29 is 24.0 Å². The zero-order valence-electron chi connectivity index (χ0n) is 23.2. The van der Waals surface area contributed by atoms with Gasteiger partial charge in [0, 0.05) is 18.9 Å². The van der Waals surface area contributed by atoms with E-state index in [1.165, 1.54) is 89.9 Å². The molecule has 0 aliphatic heterocycles. The lowest BCUT2D eigenvalue weighted by molar-refractivity contribution is -0.385. The average molecular weight is 521 g/mol. The normalized spacial score (nSPS) is 11.6. The minimum Gasteiger partial charge on any atom is -0.490 e. The SMILES string of the molecule is CCCCCCCCCCCCCCCCC(=O)NC(Cc1ccc(OC)c([N+](=O)[O-])c1)C(=O)OCC. The quantitative estimate of drug-likeness (QED) is 0.0758. The highest BCUT2D eigenvalue weighted by atomic mass is 16.6. The number of nitro groups is 1. The predicted molar refractivity (Wildman–Crippen MR) is 147 cm³/mol. The highest BCUT2D eigenvalue weighted by Gasteiger charge is 2.24. The van der Waals surface area contributed by atoms with E-state index in [0.29, 0.717) is 12.0 Å². The number of amides is 1. The number of nitro benzene ring substituents is 1. The lowest BCUT2D eigenvalue weighted by atomic mass is 10.0. The van der Waals surface area contributed by atoms with E-state index in [-0.39, 0.29) is 30.4 Å². The Bertz CT molecular complexity index is 799. The average Bonchev–Trinajstić information content (AvgIpc) is 2.88. The van der Waals surface area contributed by atoms with Crippen LogP contribution in [0.2, 0.25) is 0 Å². The van der Waals surface area contributed by atoms with Crippen LogP contribution >= 0.6 is 0 Å². The molecule has 0 spiro atoms. The first kappa shape index (κ1) is 32.4. The van der Waals surface area contributed by atoms with Gasteiger partial charge < -0.3 is 14.8 Å². The molecule has 0 aliphatic rings. The molecule has 1 aromatic carbocycles. The fourth-order valence-electron chi connectivity index (χ4n) is 4.42. The predicted octanol–water partition coefficient (Wildman–Crippen LogP) is 7.07. The van der Waals surface area contributed by atoms with Gasteiger partial charge in [-0.3, -0.25) is 14.9 Å². The second kappa shape index (κ2) is 20.4. The van der Waals surface area contributed by atoms with E-state index < -0.39 is 16.9 Å². The number of carbonyl (C=O) groups excluding carboxylic acids is 2. The van der Waals surface area contributed by atoms with Gasteiger partial charge >= 0.3 is 11.7 Å². The molecule has 0 heterocycles. The van der Waals surface area contributed by atoms with Crippen molar-refractivity contribution in [2.75, 3.05) is 13.7 Å². The van der Waals surface area contributed by atoms with Crippen molar-refractivity contribution in [1.82, 2.24) is 5.32 Å². The van der Waals surface area contributed by atoms with Gasteiger partial charge in [0.15, 0.2) is 5.75 Å². The number of benzene rings is 1. The van der Waals surface area contributed by atoms with Crippen LogP contribution in [-0.2, 0) is 20.7 Å². The third kappa shape index (κ3) is 14.6. The second-order valence-corrected chi connectivity index (χ2v) is 9.69. The number of nitrogens with zero attached hydrogens (tertiary/aromatic N) is 1. The molecule has 0 saturated heterocycles. The molecule has 1 unspecified atom stereocenters. The maximum atomic E-state index is 12.5. The number of nitrogens with one attached hydrogen (secondary N) is 1. The van der Waals surface area contributed by atoms with E-state index >= 15 is 0 Å². The van der Waals surface area contributed by atoms with Crippen LogP contribution in [0.5, 0.6) is 5.75 Å². The fourth-order valence-corrected chi connectivity index (χ4v) is 4.42. The second-order valence-electron chi connectivity index (χ2n) is 9.69. The highest BCUT2D eigenvalue weighted by Crippen LogP contribution is 2.28. The van der Waals surface area contributed by atoms with Gasteiger partial charge in [0.25, 0.3) is 0 Å². The minimum absolute atomic E-state index is 0.105. The molecular weight excluding hydrogens is 472 g/mol. The third-order valence-electron chi connectivity index (χ3n) is 6.54. The molecule has 0 aliphatic carbocycles. The van der Waals surface area contributed by atoms with E-state index in [1.54, 1.807) is 13.0 Å². The summed E-state index contributed by atoms with van der Waals surface area (Å²) >= 11 is 0. The molecule has 1 amide bonds. The zero-order valence-corrected chi connectivity index (χ0v) is 23.2. The molecule has 8 heteroatoms. The highest BCUT2D eigenvalue weighted by molar-refractivity contribution is 5.84. The monoisotopic (exact) mass is 520 g/mol. The lowest BCUT2D eigenvalue weighted by Gasteiger charge is -2.17. The molecule has 0 fully saturated rings. The molecule has 1 rings (SSSR count). The Morgan fingerprint density at radius 2 is 1.43 bits per heavy atom. The van der Waals surface area contributed by atoms with Crippen molar-refractivity contribution in [3.63, 3.8) is 0 Å². The summed E-state index contributed by atoms with van der Waals surface area (Å²) in [6, 6.07) is 3.61. The van der Waals surface area contributed by atoms with Crippen LogP contribution in [0.4, 0.5) is 5.69 Å². The van der Waals surface area contributed by atoms with E-state index in [4.69, 9.17) is 9.47 Å². The van der Waals surface area contributed by atoms with Gasteiger partial charge in [-0.15, -0.1) is 0 Å². The Morgan fingerprint density at radius 3 is 1.92 bits per heavy atom. The first-order valence-electron chi connectivity index (χ1n) is 14.2. The molecule has 37 heavy (non-hydrogen) atoms. The maximum Gasteiger partial charge on any atom is 0.328 e. The number of methoxy groups -OCH3 is 1. The summed E-state index contributed by atoms with van der Waals surface area (Å²) < 4.78 is 10.1. The topological polar surface area (TPSA) is 108 Å². The van der Waals surface area contributed by atoms with Crippen LogP contribution in [0.25, 0.3) is 0 Å². The van der Waals surface area contributed by atoms with Gasteiger partial charge in [-0.25, -0.2) is 4.79 Å². The van der Waals surface area contributed by atoms with Gasteiger partial charge in [-0.1, -0.05) is 96.5 Å². The molecular formula is C29H48N2O6. The maximum absolute atomic E-state index is 12.5. The van der Waals surface area contributed by atoms with Gasteiger partial charge in [0.2, 0.25) is 5.91 Å². The first-order valence-corrected chi connectivity index (χ1v) is 14.2. The molecule has 0 aromatic heterocycles. The van der Waals surface area contributed by atoms with Crippen molar-refractivity contribution in [3.8, 4) is 5.75 Å². The van der Waals surface area contributed by atoms with Crippen molar-refractivity contribution in [1.29, 1.82) is 0 Å². The summed E-state index contributed by atoms with van der Waals surface area (Å²) in [6.07, 6.45) is 17.9. The Labute approximate surface area is 223 Å². The standard InChI is InChI=1S/C29H48N2O6/c1-4-6-7-8-9-10-11-12-13-14-15-16-17-18-19-28(32)30-25(29(33)37-5-2)22-24-20-21-27(36-3)26(23-24)31(34)35/h20-21,23,25H,4-19,22H2,1-3H3,(H,30,32). The third-order valence-corrected chi connectivity index (χ3v) is 6.54. The molecule has 1 aromatic rings. The number of ether oxygens (including phenoxy) is 2. The van der Waals surface area contributed by atoms with E-state index in [1.807, 2.05) is 0 Å². The van der Waals surface area contributed by atoms with Crippen molar-refractivity contribution in [2.24, 2.45) is 0 Å². The number of hydrogen-bond acceptors (Lipinski definition) is 6. The molecule has 0 radical (unpaired) electrons. The number of carbonyl (C=O) groups is 2. The van der Waals surface area contributed by atoms with Gasteiger partial charge in [-0.2, -0.15) is 0 Å². The van der Waals surface area contributed by atoms with Gasteiger partial charge in [-0.05, 0) is 25.0 Å². The summed E-state index contributed by atoms with van der Waals surface area (Å²) in [5, 5.41) is 14.1. The van der Waals surface area contributed by atoms with E-state index in [2.05, 4.69) is 12.2 Å². The smallest absolute Gasteiger partial charge is 0.328 e. The Balaban J connectivity index is 2.32. The molecule has 1 atom stereocenters. The van der Waals surface area contributed by atoms with Crippen LogP contribution < -0.4 is 10.1 Å². The summed E-state index contributed by atoms with van der Waals surface area (Å²) in [6.45, 7) is 4.14. The molecule has 0 bridgehead atoms. The van der Waals surface area contributed by atoms with Crippen LogP contribution in [0.1, 0.15) is 116 Å². The first-order chi connectivity index (χ1) is 17.9. The van der Waals surface area contributed by atoms with E-state index in [9.17, 15) is 19.7 Å². The fraction of sp³-hybridized carbons (Fsp3) is 0.724. The van der Waals surface area contributed by atoms with Gasteiger partial charge in [0.1, 0.15) is 6.04 Å². The van der Waals surface area contributed by atoms with Crippen LogP contribution in [0, 0.1) is 10.1 Å². The van der Waals surface area contributed by atoms with Crippen molar-refractivity contribution >= 4 is 17.6 Å². The summed E-state index contributed by atoms with van der Waals surface area (Å²) in [5.41, 5.74) is 0.360. The van der Waals surface area contributed by atoms with Crippen molar-refractivity contribution in [3.05, 3.63) is 33.9 Å². The summed E-state index contributed by atoms with van der Waals surface area (Å²) in [7, 11) is 1.36. The van der Waals surface area contributed by atoms with Crippen molar-refractivity contribution in [2.45, 2.75) is 123 Å². The van der Waals surface area contributed by atoms with Gasteiger partial charge in [0.05, 0.1) is 18.6 Å². The van der Waals surface area contributed by atoms with Crippen LogP contribution in [-0.4, -0.2) is 36.6 Å². The zero-order chi connectivity index (χ0) is 27.3. The van der Waals surface area contributed by atoms with Crippen LogP contribution in [0.15, 0.2) is 18.2 Å². The summed E-state index contributed by atoms with van der Waals surface area (Å²) in [5.74, 6) is -0.612. The molecule has 0 saturated carbocycles. The lowest BCUT2D eigenvalue weighted by Crippen LogP contribution is -2.43. The molecule has 210 valence electrons. The number of esters is 1. The molecule has 1 N–H and O–H groups in total. The Kier molecular flexibility index (Phi) is 17.9. The number of unbranched alkanes of at least 4 members (excludes halogenated alkanes) is 13. The Morgan fingerprint density at radius 1 is 0.892 bits per heavy atom.